The van der Waals surface area contributed by atoms with Gasteiger partial charge < -0.3 is 14.8 Å². The van der Waals surface area contributed by atoms with E-state index in [2.05, 4.69) is 5.32 Å². The molecule has 4 nitrogen and oxygen atoms in total. The van der Waals surface area contributed by atoms with E-state index in [1.165, 1.54) is 30.6 Å². The van der Waals surface area contributed by atoms with Crippen molar-refractivity contribution in [2.75, 3.05) is 6.61 Å². The largest absolute Gasteiger partial charge is 0.490 e. The number of rotatable bonds is 7. The first-order valence-electron chi connectivity index (χ1n) is 8.99. The number of ether oxygens (including phenoxy) is 2. The van der Waals surface area contributed by atoms with Crippen LogP contribution in [0.1, 0.15) is 54.3 Å². The van der Waals surface area contributed by atoms with E-state index in [1.54, 1.807) is 0 Å². The van der Waals surface area contributed by atoms with Gasteiger partial charge in [0.05, 0.1) is 11.5 Å². The molecule has 1 aromatic carbocycles. The zero-order valence-electron chi connectivity index (χ0n) is 14.6. The fraction of sp³-hybridized carbons (Fsp3) is 0.450. The number of thiophene rings is 1. The van der Waals surface area contributed by atoms with Crippen LogP contribution in [0.3, 0.4) is 0 Å². The van der Waals surface area contributed by atoms with Gasteiger partial charge >= 0.3 is 0 Å². The molecule has 1 amide bonds. The lowest BCUT2D eigenvalue weighted by molar-refractivity contribution is 0.0931. The van der Waals surface area contributed by atoms with E-state index in [0.29, 0.717) is 19.3 Å². The Bertz CT molecular complexity index is 692. The van der Waals surface area contributed by atoms with Crippen LogP contribution < -0.4 is 14.8 Å². The highest BCUT2D eigenvalue weighted by atomic mass is 32.1. The molecular weight excluding hydrogens is 334 g/mol. The zero-order chi connectivity index (χ0) is 17.5. The maximum absolute atomic E-state index is 12.4. The van der Waals surface area contributed by atoms with E-state index in [0.717, 1.165) is 34.8 Å². The third kappa shape index (κ3) is 4.98. The van der Waals surface area contributed by atoms with Crippen molar-refractivity contribution in [1.29, 1.82) is 0 Å². The molecule has 1 fully saturated rings. The number of carbonyl (C=O) groups is 1. The Morgan fingerprint density at radius 3 is 2.60 bits per heavy atom. The Labute approximate surface area is 153 Å². The molecule has 1 saturated carbocycles. The van der Waals surface area contributed by atoms with Crippen LogP contribution in [0.2, 0.25) is 0 Å². The molecule has 25 heavy (non-hydrogen) atoms. The van der Waals surface area contributed by atoms with Gasteiger partial charge in [-0.15, -0.1) is 11.3 Å². The summed E-state index contributed by atoms with van der Waals surface area (Å²) < 4.78 is 11.4. The van der Waals surface area contributed by atoms with E-state index in [1.807, 2.05) is 42.6 Å². The third-order valence-corrected chi connectivity index (χ3v) is 5.34. The summed E-state index contributed by atoms with van der Waals surface area (Å²) in [4.78, 5) is 13.1. The van der Waals surface area contributed by atoms with Crippen molar-refractivity contribution in [1.82, 2.24) is 5.32 Å². The fourth-order valence-electron chi connectivity index (χ4n) is 3.08. The first-order valence-corrected chi connectivity index (χ1v) is 9.87. The molecule has 5 heteroatoms. The molecule has 1 N–H and O–H groups in total. The Hall–Kier alpha value is -2.01. The molecule has 0 bridgehead atoms. The van der Waals surface area contributed by atoms with Gasteiger partial charge in [0.25, 0.3) is 5.91 Å². The van der Waals surface area contributed by atoms with Gasteiger partial charge in [0.2, 0.25) is 0 Å². The topological polar surface area (TPSA) is 47.6 Å². The van der Waals surface area contributed by atoms with Crippen molar-refractivity contribution >= 4 is 17.2 Å². The van der Waals surface area contributed by atoms with Crippen LogP contribution in [0.15, 0.2) is 35.7 Å². The van der Waals surface area contributed by atoms with Crippen molar-refractivity contribution in [3.63, 3.8) is 0 Å². The van der Waals surface area contributed by atoms with E-state index >= 15 is 0 Å². The van der Waals surface area contributed by atoms with Crippen LogP contribution in [-0.4, -0.2) is 18.6 Å². The summed E-state index contributed by atoms with van der Waals surface area (Å²) in [6, 6.07) is 9.90. The number of hydrogen-bond donors (Lipinski definition) is 1. The van der Waals surface area contributed by atoms with Gasteiger partial charge in [-0.3, -0.25) is 4.79 Å². The van der Waals surface area contributed by atoms with Gasteiger partial charge in [0, 0.05) is 11.6 Å². The number of para-hydroxylation sites is 2. The first kappa shape index (κ1) is 17.8. The second-order valence-corrected chi connectivity index (χ2v) is 7.21. The summed E-state index contributed by atoms with van der Waals surface area (Å²) in [5.74, 6) is 1.51. The number of carbonyl (C=O) groups excluding carboxylic acids is 1. The second kappa shape index (κ2) is 8.90. The molecule has 2 aromatic rings. The lowest BCUT2D eigenvalue weighted by Crippen LogP contribution is -2.35. The average Bonchev–Trinajstić information content (AvgIpc) is 3.11. The smallest absolute Gasteiger partial charge is 0.261 e. The zero-order valence-corrected chi connectivity index (χ0v) is 15.4. The van der Waals surface area contributed by atoms with Crippen LogP contribution in [0.25, 0.3) is 0 Å². The minimum Gasteiger partial charge on any atom is -0.490 e. The van der Waals surface area contributed by atoms with Gasteiger partial charge in [-0.05, 0) is 43.3 Å². The SMILES string of the molecule is CCOc1ccccc1OCc1csc(C(=O)NC2CCCCC2)c1. The van der Waals surface area contributed by atoms with Crippen molar-refractivity contribution in [2.24, 2.45) is 0 Å². The molecule has 1 aliphatic carbocycles. The van der Waals surface area contributed by atoms with E-state index in [-0.39, 0.29) is 5.91 Å². The molecule has 0 spiro atoms. The molecule has 0 saturated heterocycles. The predicted octanol–water partition coefficient (Wildman–Crippen LogP) is 4.79. The van der Waals surface area contributed by atoms with Crippen molar-refractivity contribution < 1.29 is 14.3 Å². The van der Waals surface area contributed by atoms with Crippen LogP contribution in [0, 0.1) is 0 Å². The van der Waals surface area contributed by atoms with Gasteiger partial charge in [-0.25, -0.2) is 0 Å². The summed E-state index contributed by atoms with van der Waals surface area (Å²) in [6.45, 7) is 2.98. The summed E-state index contributed by atoms with van der Waals surface area (Å²) in [5.41, 5.74) is 1.00. The highest BCUT2D eigenvalue weighted by Gasteiger charge is 2.18. The average molecular weight is 359 g/mol. The third-order valence-electron chi connectivity index (χ3n) is 4.36. The fourth-order valence-corrected chi connectivity index (χ4v) is 3.88. The van der Waals surface area contributed by atoms with Crippen LogP contribution in [0.4, 0.5) is 0 Å². The summed E-state index contributed by atoms with van der Waals surface area (Å²) in [5, 5.41) is 5.14. The first-order chi connectivity index (χ1) is 12.3. The molecule has 0 atom stereocenters. The van der Waals surface area contributed by atoms with Crippen LogP contribution >= 0.6 is 11.3 Å². The van der Waals surface area contributed by atoms with Crippen molar-refractivity contribution in [3.05, 3.63) is 46.2 Å². The second-order valence-electron chi connectivity index (χ2n) is 6.30. The monoisotopic (exact) mass is 359 g/mol. The van der Waals surface area contributed by atoms with E-state index in [4.69, 9.17) is 9.47 Å². The van der Waals surface area contributed by atoms with Crippen LogP contribution in [0.5, 0.6) is 11.5 Å². The highest BCUT2D eigenvalue weighted by molar-refractivity contribution is 7.12. The highest BCUT2D eigenvalue weighted by Crippen LogP contribution is 2.28. The quantitative estimate of drug-likeness (QED) is 0.773. The molecule has 134 valence electrons. The minimum absolute atomic E-state index is 0.0397. The maximum Gasteiger partial charge on any atom is 0.261 e. The Kier molecular flexibility index (Phi) is 6.34. The number of nitrogens with one attached hydrogen (secondary N) is 1. The summed E-state index contributed by atoms with van der Waals surface area (Å²) in [7, 11) is 0. The molecule has 1 heterocycles. The molecule has 1 aromatic heterocycles. The minimum atomic E-state index is 0.0397. The summed E-state index contributed by atoms with van der Waals surface area (Å²) in [6.07, 6.45) is 5.92. The molecule has 0 aliphatic heterocycles. The predicted molar refractivity (Wildman–Crippen MR) is 101 cm³/mol. The van der Waals surface area contributed by atoms with Crippen molar-refractivity contribution in [3.8, 4) is 11.5 Å². The number of amides is 1. The number of benzene rings is 1. The molecule has 0 radical (unpaired) electrons. The van der Waals surface area contributed by atoms with Gasteiger partial charge in [-0.2, -0.15) is 0 Å². The Balaban J connectivity index is 1.55. The summed E-state index contributed by atoms with van der Waals surface area (Å²) >= 11 is 1.47. The molecule has 1 aliphatic rings. The lowest BCUT2D eigenvalue weighted by atomic mass is 9.95. The van der Waals surface area contributed by atoms with Crippen molar-refractivity contribution in [2.45, 2.75) is 51.7 Å². The van der Waals surface area contributed by atoms with Crippen LogP contribution in [-0.2, 0) is 6.61 Å². The normalized spacial score (nSPS) is 14.9. The van der Waals surface area contributed by atoms with Gasteiger partial charge in [-0.1, -0.05) is 31.4 Å². The van der Waals surface area contributed by atoms with E-state index < -0.39 is 0 Å². The lowest BCUT2D eigenvalue weighted by Gasteiger charge is -2.22. The Morgan fingerprint density at radius 1 is 1.16 bits per heavy atom. The molecule has 0 unspecified atom stereocenters. The molecule has 3 rings (SSSR count). The standard InChI is InChI=1S/C20H25NO3S/c1-2-23-17-10-6-7-11-18(17)24-13-15-12-19(25-14-15)20(22)21-16-8-4-3-5-9-16/h6-7,10-12,14,16H,2-5,8-9,13H2,1H3,(H,21,22). The Morgan fingerprint density at radius 2 is 1.88 bits per heavy atom. The van der Waals surface area contributed by atoms with E-state index in [9.17, 15) is 4.79 Å². The van der Waals surface area contributed by atoms with Gasteiger partial charge in [0.1, 0.15) is 6.61 Å². The maximum atomic E-state index is 12.4. The number of hydrogen-bond acceptors (Lipinski definition) is 4. The molecular formula is C20H25NO3S. The van der Waals surface area contributed by atoms with Gasteiger partial charge in [0.15, 0.2) is 11.5 Å².